The normalized spacial score (nSPS) is 13.1. The summed E-state index contributed by atoms with van der Waals surface area (Å²) in [4.78, 5) is 12.0. The van der Waals surface area contributed by atoms with Crippen molar-refractivity contribution in [2.24, 2.45) is 0 Å². The predicted octanol–water partition coefficient (Wildman–Crippen LogP) is 7.27. The van der Waals surface area contributed by atoms with Gasteiger partial charge in [-0.25, -0.2) is 4.68 Å². The molecule has 32 heavy (non-hydrogen) atoms. The first-order chi connectivity index (χ1) is 15.3. The molecule has 3 rings (SSSR count). The van der Waals surface area contributed by atoms with Crippen molar-refractivity contribution in [1.29, 1.82) is 0 Å². The number of carboxylic acid groups (broad SMARTS) is 1. The fourth-order valence-corrected chi connectivity index (χ4v) is 3.87. The molecular weight excluding hydrogens is 467 g/mol. The number of nitrogens with zero attached hydrogens (tertiary/aromatic N) is 2. The van der Waals surface area contributed by atoms with Crippen LogP contribution < -0.4 is 0 Å². The molecule has 0 aliphatic heterocycles. The number of aliphatic carboxylic acids is 1. The first kappa shape index (κ1) is 23.9. The largest absolute Gasteiger partial charge is 0.481 e. The standard InChI is InChI=1S/C25H21Cl3N2O2/c1-3-19(26)12-21(28)15-30-24(18-8-5-9-20(27)11-18)14-22(29-30)13-23(25(31)32)17-7-4-6-16(2)10-17/h3-12,14-15,23H,1,13H2,2H3,(H,31,32)/b19-12+,21-15-. The van der Waals surface area contributed by atoms with Crippen LogP contribution in [-0.2, 0) is 11.2 Å². The second kappa shape index (κ2) is 10.7. The van der Waals surface area contributed by atoms with Crippen LogP contribution in [0.25, 0.3) is 17.5 Å². The summed E-state index contributed by atoms with van der Waals surface area (Å²) in [5.74, 6) is -1.65. The van der Waals surface area contributed by atoms with Crippen LogP contribution in [0.4, 0.5) is 0 Å². The Kier molecular flexibility index (Phi) is 7.97. The fraction of sp³-hybridized carbons (Fsp3) is 0.120. The maximum absolute atomic E-state index is 12.0. The first-order valence-corrected chi connectivity index (χ1v) is 10.9. The summed E-state index contributed by atoms with van der Waals surface area (Å²) in [6, 6.07) is 16.7. The van der Waals surface area contributed by atoms with E-state index in [-0.39, 0.29) is 6.42 Å². The Morgan fingerprint density at radius 1 is 1.16 bits per heavy atom. The Hall–Kier alpha value is -2.79. The molecule has 1 aromatic heterocycles. The van der Waals surface area contributed by atoms with Crippen molar-refractivity contribution in [2.45, 2.75) is 19.3 Å². The molecule has 0 saturated heterocycles. The van der Waals surface area contributed by atoms with Crippen LogP contribution >= 0.6 is 34.8 Å². The average molecular weight is 488 g/mol. The van der Waals surface area contributed by atoms with Gasteiger partial charge in [0.25, 0.3) is 0 Å². The van der Waals surface area contributed by atoms with E-state index in [4.69, 9.17) is 34.8 Å². The van der Waals surface area contributed by atoms with Crippen LogP contribution in [0.5, 0.6) is 0 Å². The van der Waals surface area contributed by atoms with Crippen LogP contribution in [0.1, 0.15) is 22.7 Å². The summed E-state index contributed by atoms with van der Waals surface area (Å²) in [5, 5.41) is 15.8. The minimum atomic E-state index is -0.913. The van der Waals surface area contributed by atoms with Gasteiger partial charge >= 0.3 is 5.97 Å². The summed E-state index contributed by atoms with van der Waals surface area (Å²) >= 11 is 18.5. The summed E-state index contributed by atoms with van der Waals surface area (Å²) in [6.07, 6.45) is 4.85. The smallest absolute Gasteiger partial charge is 0.311 e. The molecule has 1 N–H and O–H groups in total. The van der Waals surface area contributed by atoms with Crippen LogP contribution in [-0.4, -0.2) is 20.9 Å². The molecule has 1 heterocycles. The summed E-state index contributed by atoms with van der Waals surface area (Å²) in [6.45, 7) is 5.54. The fourth-order valence-electron chi connectivity index (χ4n) is 3.30. The van der Waals surface area contributed by atoms with Crippen LogP contribution in [0.15, 0.2) is 83.4 Å². The zero-order valence-electron chi connectivity index (χ0n) is 17.3. The highest BCUT2D eigenvalue weighted by atomic mass is 35.5. The van der Waals surface area contributed by atoms with E-state index in [1.807, 2.05) is 55.5 Å². The number of allylic oxidation sites excluding steroid dienone is 4. The number of hydrogen-bond donors (Lipinski definition) is 1. The molecule has 1 unspecified atom stereocenters. The molecule has 0 aliphatic rings. The van der Waals surface area contributed by atoms with E-state index in [0.29, 0.717) is 20.8 Å². The third-order valence-electron chi connectivity index (χ3n) is 4.78. The maximum Gasteiger partial charge on any atom is 0.311 e. The molecule has 0 aliphatic carbocycles. The number of carboxylic acids is 1. The highest BCUT2D eigenvalue weighted by Gasteiger charge is 2.23. The molecule has 4 nitrogen and oxygen atoms in total. The lowest BCUT2D eigenvalue weighted by molar-refractivity contribution is -0.138. The Morgan fingerprint density at radius 2 is 1.91 bits per heavy atom. The number of aryl methyl sites for hydroxylation is 1. The van der Waals surface area contributed by atoms with Gasteiger partial charge in [0.05, 0.1) is 22.3 Å². The Labute approximate surface area is 202 Å². The Morgan fingerprint density at radius 3 is 2.56 bits per heavy atom. The van der Waals surface area contributed by atoms with E-state index in [2.05, 4.69) is 11.7 Å². The van der Waals surface area contributed by atoms with Gasteiger partial charge in [0.15, 0.2) is 0 Å². The van der Waals surface area contributed by atoms with E-state index in [1.54, 1.807) is 23.0 Å². The van der Waals surface area contributed by atoms with Crippen molar-refractivity contribution >= 4 is 47.0 Å². The van der Waals surface area contributed by atoms with E-state index in [9.17, 15) is 9.90 Å². The number of aromatic nitrogens is 2. The van der Waals surface area contributed by atoms with Crippen molar-refractivity contribution < 1.29 is 9.90 Å². The second-order valence-electron chi connectivity index (χ2n) is 7.23. The number of carbonyl (C=O) groups is 1. The molecule has 164 valence electrons. The molecule has 0 saturated carbocycles. The summed E-state index contributed by atoms with van der Waals surface area (Å²) < 4.78 is 1.60. The van der Waals surface area contributed by atoms with E-state index >= 15 is 0 Å². The lowest BCUT2D eigenvalue weighted by atomic mass is 9.93. The molecular formula is C25H21Cl3N2O2. The highest BCUT2D eigenvalue weighted by Crippen LogP contribution is 2.28. The van der Waals surface area contributed by atoms with Crippen molar-refractivity contribution in [3.8, 4) is 11.3 Å². The SMILES string of the molecule is C=C/C(Cl)=C\C(Cl)=C\n1nc(CC(C(=O)O)c2cccc(C)c2)cc1-c1cccc(Cl)c1. The van der Waals surface area contributed by atoms with Gasteiger partial charge in [-0.3, -0.25) is 4.79 Å². The van der Waals surface area contributed by atoms with Gasteiger partial charge in [-0.2, -0.15) is 5.10 Å². The average Bonchev–Trinajstić information content (AvgIpc) is 3.13. The van der Waals surface area contributed by atoms with Crippen molar-refractivity contribution in [1.82, 2.24) is 9.78 Å². The number of hydrogen-bond acceptors (Lipinski definition) is 2. The number of benzene rings is 2. The zero-order valence-corrected chi connectivity index (χ0v) is 19.6. The van der Waals surface area contributed by atoms with Gasteiger partial charge < -0.3 is 5.11 Å². The number of halogens is 3. The molecule has 0 spiro atoms. The predicted molar refractivity (Wildman–Crippen MR) is 132 cm³/mol. The Balaban J connectivity index is 2.06. The lowest BCUT2D eigenvalue weighted by Crippen LogP contribution is -2.15. The highest BCUT2D eigenvalue weighted by molar-refractivity contribution is 6.36. The zero-order chi connectivity index (χ0) is 23.3. The third-order valence-corrected chi connectivity index (χ3v) is 5.48. The van der Waals surface area contributed by atoms with E-state index < -0.39 is 11.9 Å². The van der Waals surface area contributed by atoms with E-state index in [1.165, 1.54) is 6.08 Å². The number of rotatable bonds is 8. The van der Waals surface area contributed by atoms with Crippen molar-refractivity contribution in [3.63, 3.8) is 0 Å². The van der Waals surface area contributed by atoms with Gasteiger partial charge in [0, 0.05) is 28.2 Å². The van der Waals surface area contributed by atoms with E-state index in [0.717, 1.165) is 22.4 Å². The Bertz CT molecular complexity index is 1210. The molecule has 1 atom stereocenters. The van der Waals surface area contributed by atoms with Crippen molar-refractivity contribution in [3.05, 3.63) is 105 Å². The van der Waals surface area contributed by atoms with Gasteiger partial charge in [-0.05, 0) is 36.8 Å². The third kappa shape index (κ3) is 6.13. The molecule has 2 aromatic carbocycles. The lowest BCUT2D eigenvalue weighted by Gasteiger charge is -2.12. The van der Waals surface area contributed by atoms with Crippen molar-refractivity contribution in [2.75, 3.05) is 0 Å². The molecule has 0 fully saturated rings. The minimum absolute atomic E-state index is 0.216. The summed E-state index contributed by atoms with van der Waals surface area (Å²) in [5.41, 5.74) is 3.87. The van der Waals surface area contributed by atoms with Crippen LogP contribution in [0.2, 0.25) is 5.02 Å². The van der Waals surface area contributed by atoms with Gasteiger partial charge in [-0.1, -0.05) is 89.4 Å². The van der Waals surface area contributed by atoms with Gasteiger partial charge in [-0.15, -0.1) is 0 Å². The quantitative estimate of drug-likeness (QED) is 0.340. The maximum atomic E-state index is 12.0. The first-order valence-electron chi connectivity index (χ1n) is 9.77. The molecule has 0 radical (unpaired) electrons. The van der Waals surface area contributed by atoms with Gasteiger partial charge in [0.1, 0.15) is 0 Å². The molecule has 0 amide bonds. The van der Waals surface area contributed by atoms with Gasteiger partial charge in [0.2, 0.25) is 0 Å². The molecule has 0 bridgehead atoms. The van der Waals surface area contributed by atoms with Crippen LogP contribution in [0.3, 0.4) is 0 Å². The molecule has 7 heteroatoms. The minimum Gasteiger partial charge on any atom is -0.481 e. The second-order valence-corrected chi connectivity index (χ2v) is 8.54. The van der Waals surface area contributed by atoms with Crippen LogP contribution in [0, 0.1) is 6.92 Å². The topological polar surface area (TPSA) is 55.1 Å². The monoisotopic (exact) mass is 486 g/mol. The summed E-state index contributed by atoms with van der Waals surface area (Å²) in [7, 11) is 0. The molecule has 3 aromatic rings.